The Morgan fingerprint density at radius 1 is 1.17 bits per heavy atom. The summed E-state index contributed by atoms with van der Waals surface area (Å²) < 4.78 is 19.5. The standard InChI is InChI=1S/C21H22FN3O4/c1-3-29-16-7-5-14(6-8-16)20(27)23-24-21(28)15-11-19(26)25(12-15)18-9-4-13(2)10-17(18)22/h4-10,15H,3,11-12H2,1-2H3,(H,23,27)(H,24,28). The zero-order valence-corrected chi connectivity index (χ0v) is 16.2. The molecular weight excluding hydrogens is 377 g/mol. The second-order valence-electron chi connectivity index (χ2n) is 6.76. The van der Waals surface area contributed by atoms with E-state index < -0.39 is 23.5 Å². The molecule has 2 aromatic carbocycles. The van der Waals surface area contributed by atoms with E-state index in [-0.39, 0.29) is 24.6 Å². The molecule has 1 saturated heterocycles. The molecule has 7 nitrogen and oxygen atoms in total. The van der Waals surface area contributed by atoms with Gasteiger partial charge in [0.1, 0.15) is 11.6 Å². The van der Waals surface area contributed by atoms with Crippen molar-refractivity contribution < 1.29 is 23.5 Å². The molecule has 1 aliphatic rings. The third-order valence-electron chi connectivity index (χ3n) is 4.62. The summed E-state index contributed by atoms with van der Waals surface area (Å²) in [5.74, 6) is -1.90. The van der Waals surface area contributed by atoms with Gasteiger partial charge in [-0.3, -0.25) is 25.2 Å². The van der Waals surface area contributed by atoms with Crippen LogP contribution in [0.15, 0.2) is 42.5 Å². The highest BCUT2D eigenvalue weighted by molar-refractivity contribution is 6.01. The van der Waals surface area contributed by atoms with Crippen molar-refractivity contribution in [1.82, 2.24) is 10.9 Å². The molecule has 0 spiro atoms. The van der Waals surface area contributed by atoms with Crippen LogP contribution in [-0.2, 0) is 9.59 Å². The molecule has 1 aliphatic heterocycles. The van der Waals surface area contributed by atoms with Gasteiger partial charge < -0.3 is 9.64 Å². The van der Waals surface area contributed by atoms with E-state index in [0.29, 0.717) is 17.9 Å². The summed E-state index contributed by atoms with van der Waals surface area (Å²) >= 11 is 0. The maximum absolute atomic E-state index is 14.2. The SMILES string of the molecule is CCOc1ccc(C(=O)NNC(=O)C2CC(=O)N(c3ccc(C)cc3F)C2)cc1. The van der Waals surface area contributed by atoms with Crippen molar-refractivity contribution in [3.63, 3.8) is 0 Å². The third-order valence-corrected chi connectivity index (χ3v) is 4.62. The Kier molecular flexibility index (Phi) is 6.11. The Balaban J connectivity index is 1.57. The highest BCUT2D eigenvalue weighted by Gasteiger charge is 2.36. The van der Waals surface area contributed by atoms with Gasteiger partial charge in [0.25, 0.3) is 5.91 Å². The Bertz CT molecular complexity index is 930. The van der Waals surface area contributed by atoms with Crippen LogP contribution in [0, 0.1) is 18.7 Å². The van der Waals surface area contributed by atoms with E-state index in [2.05, 4.69) is 10.9 Å². The van der Waals surface area contributed by atoms with E-state index in [4.69, 9.17) is 4.74 Å². The third kappa shape index (κ3) is 4.71. The number of halogens is 1. The maximum Gasteiger partial charge on any atom is 0.269 e. The van der Waals surface area contributed by atoms with Gasteiger partial charge >= 0.3 is 0 Å². The zero-order valence-electron chi connectivity index (χ0n) is 16.2. The number of aryl methyl sites for hydroxylation is 1. The number of nitrogens with zero attached hydrogens (tertiary/aromatic N) is 1. The van der Waals surface area contributed by atoms with Gasteiger partial charge in [0.2, 0.25) is 11.8 Å². The van der Waals surface area contributed by atoms with Crippen molar-refractivity contribution in [2.24, 2.45) is 5.92 Å². The van der Waals surface area contributed by atoms with Crippen LogP contribution < -0.4 is 20.5 Å². The average molecular weight is 399 g/mol. The molecule has 0 bridgehead atoms. The molecule has 1 unspecified atom stereocenters. The lowest BCUT2D eigenvalue weighted by molar-refractivity contribution is -0.126. The first-order valence-electron chi connectivity index (χ1n) is 9.28. The number of carbonyl (C=O) groups is 3. The lowest BCUT2D eigenvalue weighted by atomic mass is 10.1. The topological polar surface area (TPSA) is 87.7 Å². The smallest absolute Gasteiger partial charge is 0.269 e. The molecule has 3 amide bonds. The molecule has 2 N–H and O–H groups in total. The lowest BCUT2D eigenvalue weighted by Crippen LogP contribution is -2.45. The lowest BCUT2D eigenvalue weighted by Gasteiger charge is -2.18. The number of anilines is 1. The second kappa shape index (κ2) is 8.72. The molecule has 0 aromatic heterocycles. The molecule has 29 heavy (non-hydrogen) atoms. The minimum atomic E-state index is -0.691. The molecule has 1 heterocycles. The normalized spacial score (nSPS) is 15.9. The summed E-state index contributed by atoms with van der Waals surface area (Å²) in [6, 6.07) is 11.0. The highest BCUT2D eigenvalue weighted by atomic mass is 19.1. The van der Waals surface area contributed by atoms with Crippen LogP contribution in [0.3, 0.4) is 0 Å². The van der Waals surface area contributed by atoms with Gasteiger partial charge in [-0.15, -0.1) is 0 Å². The van der Waals surface area contributed by atoms with Crippen LogP contribution in [0.5, 0.6) is 5.75 Å². The minimum Gasteiger partial charge on any atom is -0.494 e. The number of hydrazine groups is 1. The van der Waals surface area contributed by atoms with Gasteiger partial charge in [0, 0.05) is 18.5 Å². The number of benzene rings is 2. The van der Waals surface area contributed by atoms with Gasteiger partial charge in [-0.1, -0.05) is 6.07 Å². The predicted molar refractivity (Wildman–Crippen MR) is 105 cm³/mol. The van der Waals surface area contributed by atoms with Gasteiger partial charge in [-0.2, -0.15) is 0 Å². The van der Waals surface area contributed by atoms with Crippen LogP contribution in [-0.4, -0.2) is 30.9 Å². The van der Waals surface area contributed by atoms with Crippen LogP contribution in [0.4, 0.5) is 10.1 Å². The van der Waals surface area contributed by atoms with E-state index in [1.54, 1.807) is 37.3 Å². The summed E-state index contributed by atoms with van der Waals surface area (Å²) in [5, 5.41) is 0. The molecular formula is C21H22FN3O4. The molecule has 3 rings (SSSR count). The first-order chi connectivity index (χ1) is 13.9. The molecule has 1 fully saturated rings. The summed E-state index contributed by atoms with van der Waals surface area (Å²) in [5.41, 5.74) is 5.90. The quantitative estimate of drug-likeness (QED) is 0.756. The first kappa shape index (κ1) is 20.3. The maximum atomic E-state index is 14.2. The summed E-state index contributed by atoms with van der Waals surface area (Å²) in [4.78, 5) is 38.0. The average Bonchev–Trinajstić information content (AvgIpc) is 3.08. The largest absolute Gasteiger partial charge is 0.494 e. The molecule has 152 valence electrons. The zero-order chi connectivity index (χ0) is 21.0. The fourth-order valence-corrected chi connectivity index (χ4v) is 3.11. The molecule has 0 saturated carbocycles. The number of hydrogen-bond donors (Lipinski definition) is 2. The fraction of sp³-hybridized carbons (Fsp3) is 0.286. The Morgan fingerprint density at radius 2 is 1.90 bits per heavy atom. The number of hydrogen-bond acceptors (Lipinski definition) is 4. The molecule has 0 radical (unpaired) electrons. The van der Waals surface area contributed by atoms with Crippen LogP contribution in [0.2, 0.25) is 0 Å². The van der Waals surface area contributed by atoms with Crippen LogP contribution >= 0.6 is 0 Å². The summed E-state index contributed by atoms with van der Waals surface area (Å²) in [6.07, 6.45) is -0.0575. The molecule has 0 aliphatic carbocycles. The number of nitrogens with one attached hydrogen (secondary N) is 2. The Hall–Kier alpha value is -3.42. The van der Waals surface area contributed by atoms with Crippen molar-refractivity contribution in [2.45, 2.75) is 20.3 Å². The van der Waals surface area contributed by atoms with Crippen molar-refractivity contribution >= 4 is 23.4 Å². The van der Waals surface area contributed by atoms with E-state index in [1.807, 2.05) is 6.92 Å². The molecule has 2 aromatic rings. The summed E-state index contributed by atoms with van der Waals surface area (Å²) in [7, 11) is 0. The number of ether oxygens (including phenoxy) is 1. The van der Waals surface area contributed by atoms with Crippen LogP contribution in [0.1, 0.15) is 29.3 Å². The van der Waals surface area contributed by atoms with E-state index in [1.165, 1.54) is 17.0 Å². The van der Waals surface area contributed by atoms with Crippen molar-refractivity contribution in [2.75, 3.05) is 18.1 Å². The number of carbonyl (C=O) groups excluding carboxylic acids is 3. The molecule has 1 atom stereocenters. The molecule has 8 heteroatoms. The van der Waals surface area contributed by atoms with E-state index in [9.17, 15) is 18.8 Å². The van der Waals surface area contributed by atoms with Gasteiger partial charge in [-0.25, -0.2) is 4.39 Å². The summed E-state index contributed by atoms with van der Waals surface area (Å²) in [6.45, 7) is 4.18. The Labute approximate surface area is 167 Å². The van der Waals surface area contributed by atoms with Crippen molar-refractivity contribution in [3.8, 4) is 5.75 Å². The van der Waals surface area contributed by atoms with Crippen molar-refractivity contribution in [3.05, 3.63) is 59.4 Å². The monoisotopic (exact) mass is 399 g/mol. The number of amides is 3. The Morgan fingerprint density at radius 3 is 2.55 bits per heavy atom. The van der Waals surface area contributed by atoms with Gasteiger partial charge in [0.15, 0.2) is 0 Å². The fourth-order valence-electron chi connectivity index (χ4n) is 3.11. The van der Waals surface area contributed by atoms with E-state index >= 15 is 0 Å². The van der Waals surface area contributed by atoms with Crippen LogP contribution in [0.25, 0.3) is 0 Å². The van der Waals surface area contributed by atoms with Gasteiger partial charge in [-0.05, 0) is 55.8 Å². The van der Waals surface area contributed by atoms with Gasteiger partial charge in [0.05, 0.1) is 18.2 Å². The minimum absolute atomic E-state index is 0.0452. The predicted octanol–water partition coefficient (Wildman–Crippen LogP) is 2.35. The second-order valence-corrected chi connectivity index (χ2v) is 6.76. The van der Waals surface area contributed by atoms with Crippen molar-refractivity contribution in [1.29, 1.82) is 0 Å². The van der Waals surface area contributed by atoms with E-state index in [0.717, 1.165) is 5.56 Å². The highest BCUT2D eigenvalue weighted by Crippen LogP contribution is 2.28. The first-order valence-corrected chi connectivity index (χ1v) is 9.28. The number of rotatable bonds is 5.